The number of nitrogens with zero attached hydrogens (tertiary/aromatic N) is 1. The van der Waals surface area contributed by atoms with E-state index in [0.29, 0.717) is 0 Å². The van der Waals surface area contributed by atoms with E-state index in [4.69, 9.17) is 0 Å². The first-order valence-electron chi connectivity index (χ1n) is 11.9. The highest BCUT2D eigenvalue weighted by Gasteiger charge is 2.39. The molecular weight excluding hydrogens is 424 g/mol. The molecule has 0 saturated heterocycles. The highest BCUT2D eigenvalue weighted by atomic mass is 31.1. The van der Waals surface area contributed by atoms with Crippen molar-refractivity contribution in [3.8, 4) is 0 Å². The normalized spacial score (nSPS) is 13.7. The van der Waals surface area contributed by atoms with Gasteiger partial charge in [-0.2, -0.15) is 0 Å². The van der Waals surface area contributed by atoms with Crippen molar-refractivity contribution in [1.29, 1.82) is 0 Å². The fraction of sp³-hybridized carbons (Fsp3) is 0.586. The summed E-state index contributed by atoms with van der Waals surface area (Å²) in [5.74, 6) is 0. The zero-order valence-corrected chi connectivity index (χ0v) is 24.7. The van der Waals surface area contributed by atoms with Gasteiger partial charge in [0.25, 0.3) is 0 Å². The van der Waals surface area contributed by atoms with E-state index in [1.165, 1.54) is 22.0 Å². The third-order valence-corrected chi connectivity index (χ3v) is 12.7. The lowest BCUT2D eigenvalue weighted by atomic mass is 10.2. The van der Waals surface area contributed by atoms with Crippen molar-refractivity contribution in [2.24, 2.45) is 0 Å². The monoisotopic (exact) mass is 471 g/mol. The van der Waals surface area contributed by atoms with Crippen LogP contribution in [0.15, 0.2) is 48.5 Å². The Morgan fingerprint density at radius 1 is 0.469 bits per heavy atom. The summed E-state index contributed by atoms with van der Waals surface area (Å²) < 4.78 is 0. The number of benzene rings is 2. The smallest absolute Gasteiger partial charge is 0.0486 e. The van der Waals surface area contributed by atoms with Crippen LogP contribution in [0, 0.1) is 0 Å². The molecule has 0 heterocycles. The Kier molecular flexibility index (Phi) is 8.02. The molecule has 178 valence electrons. The molecular formula is C29H47NP2. The minimum atomic E-state index is -0.388. The summed E-state index contributed by atoms with van der Waals surface area (Å²) >= 11 is 0. The Balaban J connectivity index is 2.74. The average molecular weight is 472 g/mol. The maximum atomic E-state index is 2.48. The molecule has 32 heavy (non-hydrogen) atoms. The third-order valence-electron chi connectivity index (χ3n) is 5.65. The van der Waals surface area contributed by atoms with Crippen molar-refractivity contribution in [2.75, 3.05) is 11.9 Å². The SMILES string of the molecule is CN(c1ccccc1P(C(C)(C)C)C(C)(C)C)c1ccccc1P(C(C)(C)C)C(C)(C)C. The van der Waals surface area contributed by atoms with Gasteiger partial charge in [0, 0.05) is 29.0 Å². The van der Waals surface area contributed by atoms with Gasteiger partial charge in [-0.05, 0) is 32.8 Å². The van der Waals surface area contributed by atoms with Gasteiger partial charge in [0.2, 0.25) is 0 Å². The molecule has 0 aromatic heterocycles. The second-order valence-corrected chi connectivity index (χ2v) is 20.6. The molecule has 0 aliphatic carbocycles. The highest BCUT2D eigenvalue weighted by Crippen LogP contribution is 2.61. The van der Waals surface area contributed by atoms with Crippen LogP contribution in [0.5, 0.6) is 0 Å². The molecule has 0 atom stereocenters. The molecule has 0 fully saturated rings. The molecule has 0 spiro atoms. The van der Waals surface area contributed by atoms with E-state index >= 15 is 0 Å². The fourth-order valence-electron chi connectivity index (χ4n) is 5.46. The van der Waals surface area contributed by atoms with Gasteiger partial charge >= 0.3 is 0 Å². The number of anilines is 2. The van der Waals surface area contributed by atoms with E-state index in [0.717, 1.165) is 0 Å². The lowest BCUT2D eigenvalue weighted by Crippen LogP contribution is -2.35. The summed E-state index contributed by atoms with van der Waals surface area (Å²) in [5.41, 5.74) is 2.71. The quantitative estimate of drug-likeness (QED) is 0.403. The maximum absolute atomic E-state index is 2.48. The predicted octanol–water partition coefficient (Wildman–Crippen LogP) is 8.86. The van der Waals surface area contributed by atoms with Crippen molar-refractivity contribution < 1.29 is 0 Å². The Morgan fingerprint density at radius 3 is 0.969 bits per heavy atom. The number of hydrogen-bond donors (Lipinski definition) is 0. The van der Waals surface area contributed by atoms with Crippen LogP contribution in [0.25, 0.3) is 0 Å². The number of hydrogen-bond acceptors (Lipinski definition) is 1. The minimum absolute atomic E-state index is 0.230. The third kappa shape index (κ3) is 6.15. The summed E-state index contributed by atoms with van der Waals surface area (Å²) in [5, 5.41) is 3.94. The summed E-state index contributed by atoms with van der Waals surface area (Å²) in [6, 6.07) is 18.3. The first-order chi connectivity index (χ1) is 14.4. The van der Waals surface area contributed by atoms with Crippen molar-refractivity contribution in [1.82, 2.24) is 0 Å². The van der Waals surface area contributed by atoms with Crippen molar-refractivity contribution in [3.63, 3.8) is 0 Å². The van der Waals surface area contributed by atoms with Crippen LogP contribution in [-0.4, -0.2) is 27.7 Å². The number of para-hydroxylation sites is 2. The zero-order valence-electron chi connectivity index (χ0n) is 23.0. The lowest BCUT2D eigenvalue weighted by Gasteiger charge is -2.45. The molecule has 0 bridgehead atoms. The maximum Gasteiger partial charge on any atom is 0.0486 e. The minimum Gasteiger partial charge on any atom is -0.344 e. The average Bonchev–Trinajstić information content (AvgIpc) is 2.57. The molecule has 0 N–H and O–H groups in total. The van der Waals surface area contributed by atoms with E-state index in [9.17, 15) is 0 Å². The van der Waals surface area contributed by atoms with E-state index in [1.54, 1.807) is 0 Å². The predicted molar refractivity (Wildman–Crippen MR) is 153 cm³/mol. The van der Waals surface area contributed by atoms with E-state index in [2.05, 4.69) is 144 Å². The Morgan fingerprint density at radius 2 is 0.719 bits per heavy atom. The zero-order chi connectivity index (χ0) is 24.7. The van der Waals surface area contributed by atoms with Gasteiger partial charge in [-0.1, -0.05) is 135 Å². The van der Waals surface area contributed by atoms with Gasteiger partial charge in [0.15, 0.2) is 0 Å². The van der Waals surface area contributed by atoms with Gasteiger partial charge in [-0.25, -0.2) is 0 Å². The van der Waals surface area contributed by atoms with Crippen LogP contribution in [-0.2, 0) is 0 Å². The van der Waals surface area contributed by atoms with Crippen molar-refractivity contribution in [3.05, 3.63) is 48.5 Å². The van der Waals surface area contributed by atoms with Gasteiger partial charge in [-0.3, -0.25) is 0 Å². The van der Waals surface area contributed by atoms with Crippen LogP contribution < -0.4 is 15.5 Å². The van der Waals surface area contributed by atoms with Crippen molar-refractivity contribution in [2.45, 2.75) is 104 Å². The van der Waals surface area contributed by atoms with Gasteiger partial charge in [0.1, 0.15) is 0 Å². The van der Waals surface area contributed by atoms with Gasteiger partial charge < -0.3 is 4.90 Å². The molecule has 0 aliphatic heterocycles. The van der Waals surface area contributed by atoms with Crippen LogP contribution in [0.4, 0.5) is 11.4 Å². The fourth-order valence-corrected chi connectivity index (χ4v) is 13.8. The molecule has 3 heteroatoms. The standard InChI is InChI=1S/C29H47NP2/c1-26(2,3)31(27(4,5)6)24-20-16-14-18-22(24)30(13)23-19-15-17-21-25(23)32(28(7,8)9)29(10,11)12/h14-21H,1-13H3. The highest BCUT2D eigenvalue weighted by molar-refractivity contribution is 7.69. The molecule has 2 aromatic carbocycles. The Hall–Kier alpha value is -0.900. The lowest BCUT2D eigenvalue weighted by molar-refractivity contribution is 0.714. The Bertz CT molecular complexity index is 801. The van der Waals surface area contributed by atoms with Crippen LogP contribution in [0.2, 0.25) is 0 Å². The summed E-state index contributed by atoms with van der Waals surface area (Å²) in [6.45, 7) is 28.9. The van der Waals surface area contributed by atoms with Gasteiger partial charge in [-0.15, -0.1) is 0 Å². The first-order valence-corrected chi connectivity index (χ1v) is 14.6. The molecule has 2 rings (SSSR count). The van der Waals surface area contributed by atoms with E-state index in [1.807, 2.05) is 0 Å². The van der Waals surface area contributed by atoms with Crippen LogP contribution in [0.1, 0.15) is 83.1 Å². The van der Waals surface area contributed by atoms with Gasteiger partial charge in [0.05, 0.1) is 0 Å². The number of rotatable bonds is 4. The molecule has 0 radical (unpaired) electrons. The topological polar surface area (TPSA) is 3.24 Å². The summed E-state index contributed by atoms with van der Waals surface area (Å²) in [4.78, 5) is 2.48. The second-order valence-electron chi connectivity index (χ2n) is 12.9. The Labute approximate surface area is 201 Å². The molecule has 0 saturated carbocycles. The van der Waals surface area contributed by atoms with E-state index < -0.39 is 0 Å². The van der Waals surface area contributed by atoms with Crippen molar-refractivity contribution >= 4 is 37.8 Å². The molecule has 0 aliphatic rings. The molecule has 0 amide bonds. The molecule has 2 aromatic rings. The van der Waals surface area contributed by atoms with Crippen LogP contribution in [0.3, 0.4) is 0 Å². The van der Waals surface area contributed by atoms with Crippen LogP contribution >= 0.6 is 15.8 Å². The largest absolute Gasteiger partial charge is 0.344 e. The summed E-state index contributed by atoms with van der Waals surface area (Å²) in [6.07, 6.45) is 0. The molecule has 0 unspecified atom stereocenters. The van der Waals surface area contributed by atoms with E-state index in [-0.39, 0.29) is 36.5 Å². The molecule has 1 nitrogen and oxygen atoms in total. The second kappa shape index (κ2) is 9.39. The summed E-state index contributed by atoms with van der Waals surface area (Å²) in [7, 11) is 1.50. The first kappa shape index (κ1) is 27.3.